The molecule has 1 saturated heterocycles. The van der Waals surface area contributed by atoms with Crippen molar-refractivity contribution in [2.24, 2.45) is 0 Å². The van der Waals surface area contributed by atoms with Gasteiger partial charge in [0.1, 0.15) is 23.4 Å². The van der Waals surface area contributed by atoms with Crippen LogP contribution in [0.4, 0.5) is 4.39 Å². The molecule has 2 rings (SSSR count). The smallest absolute Gasteiger partial charge is 0.520 e. The topological polar surface area (TPSA) is 42.2 Å². The molecule has 0 radical (unpaired) electrons. The zero-order valence-corrected chi connectivity index (χ0v) is 8.37. The van der Waals surface area contributed by atoms with Gasteiger partial charge in [0.05, 0.1) is 5.56 Å². The molecular weight excluding hydrogens is 208 g/mol. The first-order valence-electron chi connectivity index (χ1n) is 4.53. The van der Waals surface area contributed by atoms with Gasteiger partial charge in [0, 0.05) is 5.46 Å². The van der Waals surface area contributed by atoms with E-state index >= 15 is 0 Å². The van der Waals surface area contributed by atoms with Gasteiger partial charge in [0.25, 0.3) is 0 Å². The van der Waals surface area contributed by atoms with E-state index in [0.717, 1.165) is 0 Å². The molecule has 3 nitrogen and oxygen atoms in total. The predicted molar refractivity (Wildman–Crippen MR) is 57.0 cm³/mol. The summed E-state index contributed by atoms with van der Waals surface area (Å²) in [6.45, 7) is 7.15. The van der Waals surface area contributed by atoms with Gasteiger partial charge in [-0.25, -0.2) is 4.39 Å². The third-order valence-electron chi connectivity index (χ3n) is 2.20. The van der Waals surface area contributed by atoms with E-state index in [4.69, 9.17) is 14.6 Å². The van der Waals surface area contributed by atoms with E-state index in [1.54, 1.807) is 12.1 Å². The van der Waals surface area contributed by atoms with E-state index < -0.39 is 12.9 Å². The van der Waals surface area contributed by atoms with Crippen molar-refractivity contribution in [1.82, 2.24) is 0 Å². The van der Waals surface area contributed by atoms with Gasteiger partial charge in [0.2, 0.25) is 0 Å². The lowest BCUT2D eigenvalue weighted by Gasteiger charge is -2.04. The van der Waals surface area contributed by atoms with Gasteiger partial charge in [-0.15, -0.1) is 0 Å². The summed E-state index contributed by atoms with van der Waals surface area (Å²) in [5.41, 5.74) is 0.468. The Morgan fingerprint density at radius 2 is 1.88 bits per heavy atom. The normalized spacial score (nSPS) is 14.4. The molecule has 1 aliphatic rings. The molecule has 16 heavy (non-hydrogen) atoms. The van der Waals surface area contributed by atoms with Crippen LogP contribution >= 0.6 is 0 Å². The summed E-state index contributed by atoms with van der Waals surface area (Å²) in [7, 11) is -0.734. The SMILES string of the molecule is C=C1OB(c2ccc(C#N)c(F)c2)OC1=C. The average molecular weight is 215 g/mol. The molecule has 5 heteroatoms. The van der Waals surface area contributed by atoms with Crippen molar-refractivity contribution in [2.75, 3.05) is 0 Å². The second kappa shape index (κ2) is 3.74. The van der Waals surface area contributed by atoms with Crippen LogP contribution in [-0.4, -0.2) is 7.12 Å². The molecule has 1 aliphatic heterocycles. The van der Waals surface area contributed by atoms with E-state index in [1.165, 1.54) is 12.1 Å². The van der Waals surface area contributed by atoms with Crippen LogP contribution in [0, 0.1) is 17.1 Å². The van der Waals surface area contributed by atoms with Gasteiger partial charge >= 0.3 is 7.12 Å². The number of rotatable bonds is 1. The molecule has 78 valence electrons. The maximum atomic E-state index is 13.3. The van der Waals surface area contributed by atoms with Crippen LogP contribution in [0.3, 0.4) is 0 Å². The third-order valence-corrected chi connectivity index (χ3v) is 2.20. The Balaban J connectivity index is 2.30. The molecule has 1 aromatic carbocycles. The van der Waals surface area contributed by atoms with Crippen molar-refractivity contribution >= 4 is 12.6 Å². The fraction of sp³-hybridized carbons (Fsp3) is 0. The quantitative estimate of drug-likeness (QED) is 0.666. The molecule has 0 saturated carbocycles. The van der Waals surface area contributed by atoms with Gasteiger partial charge in [-0.1, -0.05) is 19.2 Å². The Labute approximate surface area is 92.5 Å². The summed E-state index contributed by atoms with van der Waals surface area (Å²) in [4.78, 5) is 0. The van der Waals surface area contributed by atoms with Crippen LogP contribution in [-0.2, 0) is 9.31 Å². The first-order valence-corrected chi connectivity index (χ1v) is 4.53. The average Bonchev–Trinajstić information content (AvgIpc) is 2.59. The first kappa shape index (κ1) is 10.3. The van der Waals surface area contributed by atoms with Gasteiger partial charge in [-0.2, -0.15) is 5.26 Å². The summed E-state index contributed by atoms with van der Waals surface area (Å²) in [6, 6.07) is 5.89. The Morgan fingerprint density at radius 3 is 2.38 bits per heavy atom. The van der Waals surface area contributed by atoms with Crippen LogP contribution < -0.4 is 5.46 Å². The molecular formula is C11H7BFNO2. The number of benzene rings is 1. The Bertz CT molecular complexity index is 505. The lowest BCUT2D eigenvalue weighted by Crippen LogP contribution is -2.31. The van der Waals surface area contributed by atoms with E-state index in [9.17, 15) is 4.39 Å². The van der Waals surface area contributed by atoms with Crippen molar-refractivity contribution in [3.8, 4) is 6.07 Å². The summed E-state index contributed by atoms with van der Waals surface area (Å²) < 4.78 is 23.8. The summed E-state index contributed by atoms with van der Waals surface area (Å²) in [6.07, 6.45) is 0. The van der Waals surface area contributed by atoms with Gasteiger partial charge < -0.3 is 9.31 Å². The number of hydrogen-bond acceptors (Lipinski definition) is 3. The van der Waals surface area contributed by atoms with Gasteiger partial charge in [0.15, 0.2) is 0 Å². The minimum Gasteiger partial charge on any atom is -0.520 e. The fourth-order valence-corrected chi connectivity index (χ4v) is 1.32. The van der Waals surface area contributed by atoms with E-state index in [1.807, 2.05) is 0 Å². The molecule has 1 aromatic rings. The largest absolute Gasteiger partial charge is 0.632 e. The van der Waals surface area contributed by atoms with Crippen LogP contribution in [0.25, 0.3) is 0 Å². The van der Waals surface area contributed by atoms with Crippen LogP contribution in [0.15, 0.2) is 42.9 Å². The Kier molecular flexibility index (Phi) is 2.41. The lowest BCUT2D eigenvalue weighted by atomic mass is 9.79. The van der Waals surface area contributed by atoms with Crippen molar-refractivity contribution < 1.29 is 13.7 Å². The fourth-order valence-electron chi connectivity index (χ4n) is 1.32. The molecule has 0 aromatic heterocycles. The predicted octanol–water partition coefficient (Wildman–Crippen LogP) is 1.47. The van der Waals surface area contributed by atoms with Crippen molar-refractivity contribution in [2.45, 2.75) is 0 Å². The molecule has 0 amide bonds. The van der Waals surface area contributed by atoms with Gasteiger partial charge in [-0.05, 0) is 12.1 Å². The number of halogens is 1. The highest BCUT2D eigenvalue weighted by atomic mass is 19.1. The zero-order chi connectivity index (χ0) is 11.7. The summed E-state index contributed by atoms with van der Waals surface area (Å²) in [5, 5.41) is 8.58. The number of hydrogen-bond donors (Lipinski definition) is 0. The number of nitriles is 1. The van der Waals surface area contributed by atoms with Crippen molar-refractivity contribution in [3.63, 3.8) is 0 Å². The molecule has 0 N–H and O–H groups in total. The highest BCUT2D eigenvalue weighted by Gasteiger charge is 2.34. The Morgan fingerprint density at radius 1 is 1.25 bits per heavy atom. The van der Waals surface area contributed by atoms with Crippen molar-refractivity contribution in [1.29, 1.82) is 5.26 Å². The number of nitrogens with zero attached hydrogens (tertiary/aromatic N) is 1. The second-order valence-electron chi connectivity index (χ2n) is 3.27. The Hall–Kier alpha value is -2.22. The highest BCUT2D eigenvalue weighted by Crippen LogP contribution is 2.20. The van der Waals surface area contributed by atoms with Gasteiger partial charge in [-0.3, -0.25) is 0 Å². The molecule has 1 fully saturated rings. The minimum absolute atomic E-state index is 0.0144. The standard InChI is InChI=1S/C11H7BFNO2/c1-7-8(2)16-12(15-7)10-4-3-9(6-14)11(13)5-10/h3-5H,1-2H2. The zero-order valence-electron chi connectivity index (χ0n) is 8.37. The van der Waals surface area contributed by atoms with E-state index in [2.05, 4.69) is 13.2 Å². The second-order valence-corrected chi connectivity index (χ2v) is 3.27. The van der Waals surface area contributed by atoms with E-state index in [-0.39, 0.29) is 5.56 Å². The molecule has 1 heterocycles. The lowest BCUT2D eigenvalue weighted by molar-refractivity contribution is 0.431. The molecule has 0 spiro atoms. The molecule has 0 bridgehead atoms. The summed E-state index contributed by atoms with van der Waals surface area (Å²) >= 11 is 0. The summed E-state index contributed by atoms with van der Waals surface area (Å²) in [5.74, 6) is 0.0554. The third kappa shape index (κ3) is 1.65. The molecule has 0 atom stereocenters. The van der Waals surface area contributed by atoms with Crippen LogP contribution in [0.5, 0.6) is 0 Å². The monoisotopic (exact) mass is 215 g/mol. The van der Waals surface area contributed by atoms with E-state index in [0.29, 0.717) is 17.0 Å². The minimum atomic E-state index is -0.734. The first-order chi connectivity index (χ1) is 7.61. The van der Waals surface area contributed by atoms with Crippen LogP contribution in [0.2, 0.25) is 0 Å². The maximum Gasteiger partial charge on any atom is 0.632 e. The van der Waals surface area contributed by atoms with Crippen molar-refractivity contribution in [3.05, 3.63) is 54.3 Å². The molecule has 0 aliphatic carbocycles. The maximum absolute atomic E-state index is 13.3. The molecule has 0 unspecified atom stereocenters. The highest BCUT2D eigenvalue weighted by molar-refractivity contribution is 6.62. The van der Waals surface area contributed by atoms with Crippen LogP contribution in [0.1, 0.15) is 5.56 Å².